The Morgan fingerprint density at radius 2 is 2.26 bits per heavy atom. The summed E-state index contributed by atoms with van der Waals surface area (Å²) >= 11 is 5.11. The number of thioether (sulfide) groups is 2. The summed E-state index contributed by atoms with van der Waals surface area (Å²) < 4.78 is 0. The van der Waals surface area contributed by atoms with Crippen molar-refractivity contribution in [2.45, 2.75) is 18.5 Å². The van der Waals surface area contributed by atoms with E-state index in [9.17, 15) is 4.79 Å². The largest absolute Gasteiger partial charge is 0.301 e. The van der Waals surface area contributed by atoms with Crippen molar-refractivity contribution in [1.29, 1.82) is 0 Å². The third kappa shape index (κ3) is 4.12. The normalized spacial score (nSPS) is 10.8. The second kappa shape index (κ2) is 7.17. The van der Waals surface area contributed by atoms with Crippen LogP contribution in [0.4, 0.5) is 0 Å². The first-order valence-corrected chi connectivity index (χ1v) is 9.20. The van der Waals surface area contributed by atoms with Crippen LogP contribution in [0.5, 0.6) is 0 Å². The van der Waals surface area contributed by atoms with Gasteiger partial charge in [-0.2, -0.15) is 11.8 Å². The third-order valence-corrected chi connectivity index (χ3v) is 5.30. The molecular formula is C13H16N2OS3. The predicted molar refractivity (Wildman–Crippen MR) is 85.8 cm³/mol. The number of thiophene rings is 1. The summed E-state index contributed by atoms with van der Waals surface area (Å²) in [5.41, 5.74) is 1.59. The van der Waals surface area contributed by atoms with Crippen LogP contribution in [-0.4, -0.2) is 27.7 Å². The highest BCUT2D eigenvalue weighted by molar-refractivity contribution is 8.02. The van der Waals surface area contributed by atoms with Crippen molar-refractivity contribution in [3.63, 3.8) is 0 Å². The van der Waals surface area contributed by atoms with Crippen molar-refractivity contribution in [2.24, 2.45) is 0 Å². The summed E-state index contributed by atoms with van der Waals surface area (Å²) in [4.78, 5) is 20.6. The first kappa shape index (κ1) is 14.7. The topological polar surface area (TPSA) is 45.8 Å². The average molecular weight is 312 g/mol. The molecule has 0 radical (unpaired) electrons. The quantitative estimate of drug-likeness (QED) is 0.505. The number of nitrogens with one attached hydrogen (secondary N) is 1. The Morgan fingerprint density at radius 1 is 1.42 bits per heavy atom. The molecular weight excluding hydrogens is 296 g/mol. The first-order valence-electron chi connectivity index (χ1n) is 5.94. The van der Waals surface area contributed by atoms with Gasteiger partial charge in [-0.1, -0.05) is 17.8 Å². The number of hydrogen-bond donors (Lipinski definition) is 1. The molecule has 0 amide bonds. The summed E-state index contributed by atoms with van der Waals surface area (Å²) in [6.07, 6.45) is 2.82. The molecule has 19 heavy (non-hydrogen) atoms. The molecule has 102 valence electrons. The Bertz CT molecular complexity index is 578. The molecule has 2 aromatic heterocycles. The van der Waals surface area contributed by atoms with Gasteiger partial charge in [0, 0.05) is 28.4 Å². The monoisotopic (exact) mass is 312 g/mol. The van der Waals surface area contributed by atoms with Crippen LogP contribution >= 0.6 is 34.9 Å². The third-order valence-electron chi connectivity index (χ3n) is 2.68. The summed E-state index contributed by atoms with van der Waals surface area (Å²) in [7, 11) is 0. The van der Waals surface area contributed by atoms with E-state index in [1.165, 1.54) is 4.88 Å². The molecule has 0 aromatic carbocycles. The van der Waals surface area contributed by atoms with Crippen molar-refractivity contribution in [1.82, 2.24) is 9.97 Å². The van der Waals surface area contributed by atoms with Gasteiger partial charge in [-0.3, -0.25) is 4.79 Å². The lowest BCUT2D eigenvalue weighted by atomic mass is 10.2. The standard InChI is InChI=1S/C13H16N2OS3/c1-9-11(8-10-4-3-5-18-10)14-13(15-12(9)16)19-7-6-17-2/h3-5H,6-8H2,1-2H3,(H,14,15,16). The zero-order valence-electron chi connectivity index (χ0n) is 10.9. The van der Waals surface area contributed by atoms with Crippen LogP contribution in [0.1, 0.15) is 16.1 Å². The number of aromatic nitrogens is 2. The minimum Gasteiger partial charge on any atom is -0.301 e. The molecule has 0 aliphatic carbocycles. The molecule has 0 aliphatic rings. The smallest absolute Gasteiger partial charge is 0.254 e. The van der Waals surface area contributed by atoms with Gasteiger partial charge in [-0.05, 0) is 24.6 Å². The van der Waals surface area contributed by atoms with E-state index in [2.05, 4.69) is 22.3 Å². The Hall–Kier alpha value is -0.720. The fraction of sp³-hybridized carbons (Fsp3) is 0.385. The van der Waals surface area contributed by atoms with E-state index in [0.29, 0.717) is 0 Å². The van der Waals surface area contributed by atoms with Crippen LogP contribution in [0.25, 0.3) is 0 Å². The van der Waals surface area contributed by atoms with Crippen LogP contribution in [0, 0.1) is 6.92 Å². The molecule has 1 N–H and O–H groups in total. The van der Waals surface area contributed by atoms with Gasteiger partial charge in [-0.25, -0.2) is 4.98 Å². The maximum Gasteiger partial charge on any atom is 0.254 e. The molecule has 2 aromatic rings. The summed E-state index contributed by atoms with van der Waals surface area (Å²) in [6, 6.07) is 4.10. The Balaban J connectivity index is 2.19. The fourth-order valence-corrected chi connectivity index (χ4v) is 3.84. The number of nitrogens with zero attached hydrogens (tertiary/aromatic N) is 1. The molecule has 0 saturated heterocycles. The maximum atomic E-state index is 11.9. The van der Waals surface area contributed by atoms with Crippen LogP contribution in [-0.2, 0) is 6.42 Å². The molecule has 6 heteroatoms. The van der Waals surface area contributed by atoms with Crippen molar-refractivity contribution in [2.75, 3.05) is 17.8 Å². The molecule has 0 spiro atoms. The van der Waals surface area contributed by atoms with Crippen molar-refractivity contribution in [3.05, 3.63) is 44.0 Å². The highest BCUT2D eigenvalue weighted by Crippen LogP contribution is 2.18. The molecule has 0 unspecified atom stereocenters. The zero-order valence-corrected chi connectivity index (χ0v) is 13.4. The van der Waals surface area contributed by atoms with Crippen molar-refractivity contribution >= 4 is 34.9 Å². The number of rotatable bonds is 6. The van der Waals surface area contributed by atoms with E-state index >= 15 is 0 Å². The lowest BCUT2D eigenvalue weighted by Crippen LogP contribution is -2.16. The SMILES string of the molecule is CSCCSc1nc(Cc2cccs2)c(C)c(=O)[nH]1. The maximum absolute atomic E-state index is 11.9. The predicted octanol–water partition coefficient (Wildman–Crippen LogP) is 3.19. The molecule has 0 atom stereocenters. The van der Waals surface area contributed by atoms with Crippen LogP contribution in [0.3, 0.4) is 0 Å². The Labute approximate surface area is 125 Å². The van der Waals surface area contributed by atoms with Gasteiger partial charge in [0.05, 0.1) is 5.69 Å². The van der Waals surface area contributed by atoms with Crippen LogP contribution in [0.15, 0.2) is 27.5 Å². The van der Waals surface area contributed by atoms with Gasteiger partial charge in [0.2, 0.25) is 0 Å². The first-order chi connectivity index (χ1) is 9.20. The summed E-state index contributed by atoms with van der Waals surface area (Å²) in [6.45, 7) is 1.84. The van der Waals surface area contributed by atoms with Gasteiger partial charge in [0.25, 0.3) is 5.56 Å². The Morgan fingerprint density at radius 3 is 2.95 bits per heavy atom. The summed E-state index contributed by atoms with van der Waals surface area (Å²) in [5, 5.41) is 2.78. The van der Waals surface area contributed by atoms with Crippen LogP contribution < -0.4 is 5.56 Å². The highest BCUT2D eigenvalue weighted by atomic mass is 32.2. The van der Waals surface area contributed by atoms with E-state index in [-0.39, 0.29) is 5.56 Å². The van der Waals surface area contributed by atoms with E-state index in [4.69, 9.17) is 0 Å². The fourth-order valence-electron chi connectivity index (χ4n) is 1.60. The van der Waals surface area contributed by atoms with E-state index in [0.717, 1.165) is 34.3 Å². The highest BCUT2D eigenvalue weighted by Gasteiger charge is 2.09. The minimum absolute atomic E-state index is 0.0202. The van der Waals surface area contributed by atoms with Gasteiger partial charge >= 0.3 is 0 Å². The molecule has 2 rings (SSSR count). The zero-order chi connectivity index (χ0) is 13.7. The number of H-pyrrole nitrogens is 1. The summed E-state index contributed by atoms with van der Waals surface area (Å²) in [5.74, 6) is 2.02. The van der Waals surface area contributed by atoms with E-state index < -0.39 is 0 Å². The molecule has 3 nitrogen and oxygen atoms in total. The molecule has 0 saturated carbocycles. The van der Waals surface area contributed by atoms with Crippen molar-refractivity contribution < 1.29 is 0 Å². The molecule has 0 aliphatic heterocycles. The lowest BCUT2D eigenvalue weighted by Gasteiger charge is -2.06. The average Bonchev–Trinajstić information content (AvgIpc) is 2.88. The molecule has 0 fully saturated rings. The van der Waals surface area contributed by atoms with Gasteiger partial charge in [0.15, 0.2) is 5.16 Å². The van der Waals surface area contributed by atoms with Crippen LogP contribution in [0.2, 0.25) is 0 Å². The van der Waals surface area contributed by atoms with Gasteiger partial charge in [-0.15, -0.1) is 11.3 Å². The van der Waals surface area contributed by atoms with Gasteiger partial charge in [0.1, 0.15) is 0 Å². The number of hydrogen-bond acceptors (Lipinski definition) is 5. The Kier molecular flexibility index (Phi) is 5.54. The second-order valence-electron chi connectivity index (χ2n) is 4.04. The lowest BCUT2D eigenvalue weighted by molar-refractivity contribution is 0.862. The van der Waals surface area contributed by atoms with E-state index in [1.54, 1.807) is 34.9 Å². The van der Waals surface area contributed by atoms with E-state index in [1.807, 2.05) is 18.4 Å². The minimum atomic E-state index is -0.0202. The van der Waals surface area contributed by atoms with Gasteiger partial charge < -0.3 is 4.98 Å². The van der Waals surface area contributed by atoms with Crippen molar-refractivity contribution in [3.8, 4) is 0 Å². The molecule has 0 bridgehead atoms. The number of aromatic amines is 1. The second-order valence-corrected chi connectivity index (χ2v) is 7.14. The molecule has 2 heterocycles.